The second-order valence-electron chi connectivity index (χ2n) is 14.3. The number of aryl methyl sites for hydroxylation is 1. The lowest BCUT2D eigenvalue weighted by atomic mass is 10.0. The Morgan fingerprint density at radius 3 is 2.82 bits per heavy atom. The van der Waals surface area contributed by atoms with Gasteiger partial charge < -0.3 is 19.4 Å². The second-order valence-corrected chi connectivity index (χ2v) is 17.4. The van der Waals surface area contributed by atoms with Crippen LogP contribution in [0.5, 0.6) is 6.01 Å². The number of piperazine rings is 1. The van der Waals surface area contributed by atoms with Gasteiger partial charge in [-0.3, -0.25) is 14.7 Å². The first-order chi connectivity index (χ1) is 23.5. The van der Waals surface area contributed by atoms with Crippen LogP contribution in [0.1, 0.15) is 56.9 Å². The number of pyridine rings is 1. The van der Waals surface area contributed by atoms with Crippen molar-refractivity contribution in [2.45, 2.75) is 81.0 Å². The van der Waals surface area contributed by atoms with Gasteiger partial charge in [-0.1, -0.05) is 36.5 Å². The highest BCUT2D eigenvalue weighted by Crippen LogP contribution is 2.66. The van der Waals surface area contributed by atoms with E-state index >= 15 is 0 Å². The lowest BCUT2D eigenvalue weighted by Gasteiger charge is -2.42. The van der Waals surface area contributed by atoms with Crippen LogP contribution in [0.4, 0.5) is 11.5 Å². The van der Waals surface area contributed by atoms with Crippen LogP contribution in [-0.4, -0.2) is 90.9 Å². The summed E-state index contributed by atoms with van der Waals surface area (Å²) in [5.74, 6) is 1.97. The number of aromatic nitrogens is 3. The molecule has 0 spiro atoms. The number of carbonyl (C=O) groups is 1. The van der Waals surface area contributed by atoms with Gasteiger partial charge in [0.1, 0.15) is 11.8 Å². The Morgan fingerprint density at radius 1 is 1.24 bits per heavy atom. The molecule has 0 N–H and O–H groups in total. The third kappa shape index (κ3) is 6.57. The number of nitriles is 1. The van der Waals surface area contributed by atoms with Gasteiger partial charge in [-0.25, -0.2) is 0 Å². The van der Waals surface area contributed by atoms with Crippen molar-refractivity contribution in [3.05, 3.63) is 60.1 Å². The lowest BCUT2D eigenvalue weighted by Crippen LogP contribution is -2.55. The first-order valence-electron chi connectivity index (χ1n) is 17.2. The van der Waals surface area contributed by atoms with Gasteiger partial charge >= 0.3 is 6.01 Å². The number of nitrogens with zero attached hydrogens (tertiary/aromatic N) is 8. The number of fused-ring (bicyclic) bond motifs is 2. The van der Waals surface area contributed by atoms with E-state index in [2.05, 4.69) is 97.0 Å². The molecule has 1 aliphatic carbocycles. The number of benzene rings is 1. The molecule has 4 aliphatic rings. The highest BCUT2D eigenvalue weighted by molar-refractivity contribution is 8.08. The molecule has 1 amide bonds. The Kier molecular flexibility index (Phi) is 9.22. The number of hydrogen-bond donors (Lipinski definition) is 0. The summed E-state index contributed by atoms with van der Waals surface area (Å²) in [5, 5.41) is 12.5. The van der Waals surface area contributed by atoms with E-state index < -0.39 is 0 Å². The van der Waals surface area contributed by atoms with Gasteiger partial charge in [0.25, 0.3) is 0 Å². The molecule has 7 rings (SSSR count). The summed E-state index contributed by atoms with van der Waals surface area (Å²) in [6, 6.07) is 8.72. The number of hydrogen-bond acceptors (Lipinski definition) is 11. The molecular formula is C37H46N8O2S2. The summed E-state index contributed by atoms with van der Waals surface area (Å²) in [4.78, 5) is 36.0. The zero-order valence-corrected chi connectivity index (χ0v) is 30.8. The van der Waals surface area contributed by atoms with E-state index in [-0.39, 0.29) is 23.2 Å². The topological polar surface area (TPSA) is 102 Å². The monoisotopic (exact) mass is 698 g/mol. The standard InChI is InChI=1S/C37H46N8O2S2/c1-7-31(46)45-18-17-44(21-27(45)13-15-38)33-28-14-16-43(30-20-39-19-25-10-8-9-24(2)32(25)30)22-29(28)40-35(41-33)47-23-48-36(3,4)42(6)34-37(5,49-34)26-11-12-26/h7-10,19-20,26-27,34H,1,11-14,16-18,21-23H2,2-6H3/t27-,34?,37+/m0/s1. The fourth-order valence-electron chi connectivity index (χ4n) is 7.53. The Hall–Kier alpha value is -3.53. The van der Waals surface area contributed by atoms with Crippen LogP contribution >= 0.6 is 23.5 Å². The molecule has 5 heterocycles. The highest BCUT2D eigenvalue weighted by atomic mass is 32.2. The van der Waals surface area contributed by atoms with Crippen molar-refractivity contribution in [3.8, 4) is 12.1 Å². The molecule has 1 unspecified atom stereocenters. The van der Waals surface area contributed by atoms with Crippen molar-refractivity contribution in [2.24, 2.45) is 5.92 Å². The van der Waals surface area contributed by atoms with Gasteiger partial charge in [-0.2, -0.15) is 15.2 Å². The maximum absolute atomic E-state index is 12.7. The van der Waals surface area contributed by atoms with Crippen LogP contribution < -0.4 is 14.5 Å². The van der Waals surface area contributed by atoms with Gasteiger partial charge in [-0.05, 0) is 71.6 Å². The molecular weight excluding hydrogens is 653 g/mol. The molecule has 1 saturated carbocycles. The summed E-state index contributed by atoms with van der Waals surface area (Å²) in [6.07, 6.45) is 8.93. The first-order valence-corrected chi connectivity index (χ1v) is 19.1. The Morgan fingerprint density at radius 2 is 2.06 bits per heavy atom. The molecule has 2 aromatic heterocycles. The van der Waals surface area contributed by atoms with Crippen LogP contribution in [0.3, 0.4) is 0 Å². The van der Waals surface area contributed by atoms with Crippen molar-refractivity contribution in [2.75, 3.05) is 49.0 Å². The minimum atomic E-state index is -0.252. The zero-order valence-electron chi connectivity index (χ0n) is 29.2. The average Bonchev–Trinajstić information content (AvgIpc) is 4.04. The number of rotatable bonds is 11. The number of anilines is 2. The first kappa shape index (κ1) is 33.9. The summed E-state index contributed by atoms with van der Waals surface area (Å²) in [7, 11) is 2.23. The third-order valence-electron chi connectivity index (χ3n) is 10.9. The van der Waals surface area contributed by atoms with Crippen molar-refractivity contribution in [1.82, 2.24) is 24.8 Å². The predicted molar refractivity (Wildman–Crippen MR) is 199 cm³/mol. The largest absolute Gasteiger partial charge is 0.452 e. The molecule has 1 aromatic carbocycles. The van der Waals surface area contributed by atoms with Crippen LogP contribution in [0.2, 0.25) is 0 Å². The van der Waals surface area contributed by atoms with Gasteiger partial charge in [0.05, 0.1) is 52.9 Å². The van der Waals surface area contributed by atoms with E-state index in [0.717, 1.165) is 47.0 Å². The van der Waals surface area contributed by atoms with E-state index in [4.69, 9.17) is 14.7 Å². The summed E-state index contributed by atoms with van der Waals surface area (Å²) in [6.45, 7) is 15.8. The van der Waals surface area contributed by atoms with Gasteiger partial charge in [-0.15, -0.1) is 11.8 Å². The van der Waals surface area contributed by atoms with Crippen molar-refractivity contribution < 1.29 is 9.53 Å². The normalized spacial score (nSPS) is 23.7. The molecule has 258 valence electrons. The fraction of sp³-hybridized carbons (Fsp3) is 0.541. The predicted octanol–water partition coefficient (Wildman–Crippen LogP) is 5.99. The molecule has 49 heavy (non-hydrogen) atoms. The van der Waals surface area contributed by atoms with Gasteiger partial charge in [0, 0.05) is 53.5 Å². The number of thioether (sulfide) groups is 2. The zero-order chi connectivity index (χ0) is 34.5. The summed E-state index contributed by atoms with van der Waals surface area (Å²) < 4.78 is 6.78. The van der Waals surface area contributed by atoms with Crippen molar-refractivity contribution in [3.63, 3.8) is 0 Å². The molecule has 3 fully saturated rings. The average molecular weight is 699 g/mol. The Labute approximate surface area is 298 Å². The van der Waals surface area contributed by atoms with E-state index in [1.807, 2.05) is 12.4 Å². The number of amides is 1. The van der Waals surface area contributed by atoms with Crippen LogP contribution in [0, 0.1) is 24.2 Å². The molecule has 10 nitrogen and oxygen atoms in total. The number of carbonyl (C=O) groups excluding carboxylic acids is 1. The molecule has 3 atom stereocenters. The molecule has 12 heteroatoms. The SMILES string of the molecule is C=CC(=O)N1CCN(c2nc(OCSC(C)(C)N(C)C3S[C@]3(C)C3CC3)nc3c2CCN(c2cncc4cccc(C)c24)C3)C[C@@H]1CC#N. The molecule has 3 aliphatic heterocycles. The van der Waals surface area contributed by atoms with E-state index in [1.165, 1.54) is 29.9 Å². The summed E-state index contributed by atoms with van der Waals surface area (Å²) in [5.41, 5.74) is 4.36. The van der Waals surface area contributed by atoms with E-state index in [9.17, 15) is 10.1 Å². The maximum Gasteiger partial charge on any atom is 0.319 e. The minimum Gasteiger partial charge on any atom is -0.452 e. The molecule has 2 saturated heterocycles. The van der Waals surface area contributed by atoms with E-state index in [1.54, 1.807) is 16.7 Å². The van der Waals surface area contributed by atoms with E-state index in [0.29, 0.717) is 48.2 Å². The van der Waals surface area contributed by atoms with Gasteiger partial charge in [0.15, 0.2) is 0 Å². The maximum atomic E-state index is 12.7. The van der Waals surface area contributed by atoms with Gasteiger partial charge in [0.2, 0.25) is 5.91 Å². The Balaban J connectivity index is 1.15. The summed E-state index contributed by atoms with van der Waals surface area (Å²) >= 11 is 3.86. The highest BCUT2D eigenvalue weighted by Gasteiger charge is 2.63. The van der Waals surface area contributed by atoms with Crippen LogP contribution in [0.15, 0.2) is 43.2 Å². The smallest absolute Gasteiger partial charge is 0.319 e. The third-order valence-corrected chi connectivity index (χ3v) is 14.0. The van der Waals surface area contributed by atoms with Crippen molar-refractivity contribution in [1.29, 1.82) is 5.26 Å². The quantitative estimate of drug-likeness (QED) is 0.134. The number of ether oxygens (including phenoxy) is 1. The Bertz CT molecular complexity index is 1800. The van der Waals surface area contributed by atoms with Crippen LogP contribution in [-0.2, 0) is 17.8 Å². The van der Waals surface area contributed by atoms with Crippen LogP contribution in [0.25, 0.3) is 10.8 Å². The fourth-order valence-corrected chi connectivity index (χ4v) is 9.97. The molecule has 0 bridgehead atoms. The second kappa shape index (κ2) is 13.3. The molecule has 3 aromatic rings. The van der Waals surface area contributed by atoms with Crippen molar-refractivity contribution >= 4 is 51.7 Å². The molecule has 0 radical (unpaired) electrons. The minimum absolute atomic E-state index is 0.129. The lowest BCUT2D eigenvalue weighted by molar-refractivity contribution is -0.128.